The zero-order valence-electron chi connectivity index (χ0n) is 10.9. The van der Waals surface area contributed by atoms with Gasteiger partial charge in [0.15, 0.2) is 0 Å². The number of nitrogens with one attached hydrogen (secondary N) is 1. The Balaban J connectivity index is 0.00000200. The molecule has 0 spiro atoms. The van der Waals surface area contributed by atoms with Crippen LogP contribution < -0.4 is 15.4 Å². The summed E-state index contributed by atoms with van der Waals surface area (Å²) in [5.74, 6) is 0.000424. The topological polar surface area (TPSA) is 92.5 Å². The highest BCUT2D eigenvalue weighted by Crippen LogP contribution is 2.26. The van der Waals surface area contributed by atoms with E-state index in [0.717, 1.165) is 0 Å². The summed E-state index contributed by atoms with van der Waals surface area (Å²) in [5.41, 5.74) is 6.47. The fourth-order valence-electron chi connectivity index (χ4n) is 2.02. The monoisotopic (exact) mass is 319 g/mol. The van der Waals surface area contributed by atoms with Crippen molar-refractivity contribution in [3.05, 3.63) is 24.3 Å². The van der Waals surface area contributed by atoms with E-state index >= 15 is 0 Å². The van der Waals surface area contributed by atoms with Crippen molar-refractivity contribution >= 4 is 39.7 Å². The summed E-state index contributed by atoms with van der Waals surface area (Å²) in [5, 5.41) is 2.69. The number of hydrogen-bond acceptors (Lipinski definition) is 4. The molecule has 8 heteroatoms. The van der Waals surface area contributed by atoms with Gasteiger partial charge in [0, 0.05) is 25.2 Å². The van der Waals surface area contributed by atoms with Crippen molar-refractivity contribution in [3.63, 3.8) is 0 Å². The van der Waals surface area contributed by atoms with Gasteiger partial charge in [0.1, 0.15) is 0 Å². The Hall–Kier alpha value is -1.31. The predicted octanol–water partition coefficient (Wildman–Crippen LogP) is 0.936. The normalized spacial score (nSPS) is 16.6. The minimum atomic E-state index is -3.19. The Morgan fingerprint density at radius 2 is 2.15 bits per heavy atom. The molecule has 3 N–H and O–H groups in total. The molecule has 20 heavy (non-hydrogen) atoms. The van der Waals surface area contributed by atoms with E-state index in [1.54, 1.807) is 24.3 Å². The third kappa shape index (κ3) is 3.84. The van der Waals surface area contributed by atoms with Gasteiger partial charge in [-0.2, -0.15) is 0 Å². The van der Waals surface area contributed by atoms with E-state index in [0.29, 0.717) is 24.3 Å². The van der Waals surface area contributed by atoms with E-state index in [2.05, 4.69) is 5.32 Å². The van der Waals surface area contributed by atoms with Crippen molar-refractivity contribution in [2.24, 2.45) is 5.73 Å². The van der Waals surface area contributed by atoms with Crippen molar-refractivity contribution < 1.29 is 13.2 Å². The molecule has 112 valence electrons. The number of rotatable bonds is 4. The molecule has 1 fully saturated rings. The molecule has 0 aromatic heterocycles. The first kappa shape index (κ1) is 16.7. The van der Waals surface area contributed by atoms with Crippen LogP contribution in [-0.2, 0) is 14.8 Å². The van der Waals surface area contributed by atoms with Crippen LogP contribution in [0.25, 0.3) is 0 Å². The Labute approximate surface area is 124 Å². The summed E-state index contributed by atoms with van der Waals surface area (Å²) in [6, 6.07) is 6.83. The fraction of sp³-hybridized carbons (Fsp3) is 0.417. The van der Waals surface area contributed by atoms with Crippen LogP contribution in [0.2, 0.25) is 0 Å². The molecule has 1 aromatic rings. The van der Waals surface area contributed by atoms with Gasteiger partial charge < -0.3 is 11.1 Å². The average molecular weight is 320 g/mol. The first-order valence-electron chi connectivity index (χ1n) is 6.13. The van der Waals surface area contributed by atoms with Crippen molar-refractivity contribution in [2.45, 2.75) is 12.8 Å². The molecule has 0 atom stereocenters. The van der Waals surface area contributed by atoms with Gasteiger partial charge >= 0.3 is 0 Å². The van der Waals surface area contributed by atoms with Crippen LogP contribution in [0, 0.1) is 0 Å². The number of nitrogens with zero attached hydrogens (tertiary/aromatic N) is 1. The van der Waals surface area contributed by atoms with E-state index < -0.39 is 10.0 Å². The van der Waals surface area contributed by atoms with Crippen LogP contribution in [0.1, 0.15) is 12.8 Å². The summed E-state index contributed by atoms with van der Waals surface area (Å²) in [7, 11) is -3.19. The molecule has 1 aliphatic heterocycles. The Morgan fingerprint density at radius 1 is 1.40 bits per heavy atom. The minimum absolute atomic E-state index is 0. The highest BCUT2D eigenvalue weighted by atomic mass is 35.5. The molecule has 6 nitrogen and oxygen atoms in total. The van der Waals surface area contributed by atoms with Gasteiger partial charge in [-0.25, -0.2) is 8.42 Å². The van der Waals surface area contributed by atoms with Gasteiger partial charge in [0.2, 0.25) is 15.9 Å². The lowest BCUT2D eigenvalue weighted by molar-refractivity contribution is -0.116. The van der Waals surface area contributed by atoms with Crippen molar-refractivity contribution in [1.82, 2.24) is 0 Å². The van der Waals surface area contributed by atoms with E-state index in [4.69, 9.17) is 5.73 Å². The van der Waals surface area contributed by atoms with Gasteiger partial charge in [-0.05, 0) is 24.6 Å². The SMILES string of the molecule is Cl.NCCC(=O)Nc1cccc(N2CCCS2(=O)=O)c1. The summed E-state index contributed by atoms with van der Waals surface area (Å²) in [6.07, 6.45) is 0.873. The Kier molecular flexibility index (Phi) is 5.79. The number of amides is 1. The van der Waals surface area contributed by atoms with E-state index in [1.165, 1.54) is 4.31 Å². The maximum absolute atomic E-state index is 11.8. The van der Waals surface area contributed by atoms with Gasteiger partial charge in [-0.3, -0.25) is 9.10 Å². The number of sulfonamides is 1. The second kappa shape index (κ2) is 6.92. The van der Waals surface area contributed by atoms with Gasteiger partial charge in [0.05, 0.1) is 11.4 Å². The molecule has 0 unspecified atom stereocenters. The maximum Gasteiger partial charge on any atom is 0.235 e. The molecule has 1 saturated heterocycles. The molecular formula is C12H18ClN3O3S. The van der Waals surface area contributed by atoms with Crippen LogP contribution in [0.5, 0.6) is 0 Å². The molecule has 0 bridgehead atoms. The zero-order chi connectivity index (χ0) is 13.9. The van der Waals surface area contributed by atoms with Crippen LogP contribution >= 0.6 is 12.4 Å². The Bertz CT molecular complexity index is 577. The molecular weight excluding hydrogens is 302 g/mol. The quantitative estimate of drug-likeness (QED) is 0.863. The molecule has 0 saturated carbocycles. The summed E-state index contributed by atoms with van der Waals surface area (Å²) < 4.78 is 25.0. The zero-order valence-corrected chi connectivity index (χ0v) is 12.5. The minimum Gasteiger partial charge on any atom is -0.330 e. The highest BCUT2D eigenvalue weighted by Gasteiger charge is 2.28. The molecule has 0 aliphatic carbocycles. The molecule has 1 amide bonds. The second-order valence-corrected chi connectivity index (χ2v) is 6.39. The molecule has 2 rings (SSSR count). The van der Waals surface area contributed by atoms with Crippen LogP contribution in [-0.4, -0.2) is 33.2 Å². The highest BCUT2D eigenvalue weighted by molar-refractivity contribution is 7.93. The predicted molar refractivity (Wildman–Crippen MR) is 81.7 cm³/mol. The number of benzene rings is 1. The maximum atomic E-state index is 11.8. The summed E-state index contributed by atoms with van der Waals surface area (Å²) >= 11 is 0. The van der Waals surface area contributed by atoms with E-state index in [-0.39, 0.29) is 37.0 Å². The fourth-order valence-corrected chi connectivity index (χ4v) is 3.58. The van der Waals surface area contributed by atoms with Gasteiger partial charge in [0.25, 0.3) is 0 Å². The van der Waals surface area contributed by atoms with Crippen molar-refractivity contribution in [1.29, 1.82) is 0 Å². The van der Waals surface area contributed by atoms with Crippen LogP contribution in [0.15, 0.2) is 24.3 Å². The van der Waals surface area contributed by atoms with E-state index in [1.807, 2.05) is 0 Å². The van der Waals surface area contributed by atoms with Crippen molar-refractivity contribution in [3.8, 4) is 0 Å². The number of nitrogens with two attached hydrogens (primary N) is 1. The summed E-state index contributed by atoms with van der Waals surface area (Å²) in [4.78, 5) is 11.4. The smallest absolute Gasteiger partial charge is 0.235 e. The molecule has 1 heterocycles. The van der Waals surface area contributed by atoms with Crippen molar-refractivity contribution in [2.75, 3.05) is 28.5 Å². The van der Waals surface area contributed by atoms with Gasteiger partial charge in [-0.1, -0.05) is 6.07 Å². The van der Waals surface area contributed by atoms with Crippen LogP contribution in [0.4, 0.5) is 11.4 Å². The number of hydrogen-bond donors (Lipinski definition) is 2. The number of anilines is 2. The second-order valence-electron chi connectivity index (χ2n) is 4.38. The first-order valence-corrected chi connectivity index (χ1v) is 7.74. The number of halogens is 1. The third-order valence-electron chi connectivity index (χ3n) is 2.89. The number of carbonyl (C=O) groups is 1. The summed E-state index contributed by atoms with van der Waals surface area (Å²) in [6.45, 7) is 0.772. The largest absolute Gasteiger partial charge is 0.330 e. The van der Waals surface area contributed by atoms with E-state index in [9.17, 15) is 13.2 Å². The standard InChI is InChI=1S/C12H17N3O3S.ClH/c13-6-5-12(16)14-10-3-1-4-11(9-10)15-7-2-8-19(15,17)18;/h1,3-4,9H,2,5-8,13H2,(H,14,16);1H. The lowest BCUT2D eigenvalue weighted by Gasteiger charge is -2.17. The molecule has 1 aliphatic rings. The first-order chi connectivity index (χ1) is 9.03. The Morgan fingerprint density at radius 3 is 2.75 bits per heavy atom. The molecule has 0 radical (unpaired) electrons. The number of carbonyl (C=O) groups excluding carboxylic acids is 1. The third-order valence-corrected chi connectivity index (χ3v) is 4.76. The molecule has 1 aromatic carbocycles. The lowest BCUT2D eigenvalue weighted by Crippen LogP contribution is -2.25. The van der Waals surface area contributed by atoms with Crippen LogP contribution in [0.3, 0.4) is 0 Å². The van der Waals surface area contributed by atoms with Gasteiger partial charge in [-0.15, -0.1) is 12.4 Å². The average Bonchev–Trinajstić information content (AvgIpc) is 2.69. The lowest BCUT2D eigenvalue weighted by atomic mass is 10.2.